The Morgan fingerprint density at radius 1 is 0.667 bits per heavy atom. The Morgan fingerprint density at radius 2 is 1.20 bits per heavy atom. The van der Waals surface area contributed by atoms with E-state index in [2.05, 4.69) is 0 Å². The zero-order valence-corrected chi connectivity index (χ0v) is 28.3. The number of ether oxygens (including phenoxy) is 9. The molecule has 0 spiro atoms. The summed E-state index contributed by atoms with van der Waals surface area (Å²) < 4.78 is 56.2. The number of hydrogen-bond donors (Lipinski definition) is 0. The fraction of sp³-hybridized carbons (Fsp3) is 0.341. The predicted octanol–water partition coefficient (Wildman–Crippen LogP) is 6.05. The Balaban J connectivity index is 1.16. The molecule has 0 N–H and O–H groups in total. The topological polar surface area (TPSA) is 100 Å². The molecular weight excluding hydrogens is 652 g/mol. The second-order valence-electron chi connectivity index (χ2n) is 12.5. The summed E-state index contributed by atoms with van der Waals surface area (Å²) in [6, 6.07) is 38.9. The molecule has 0 aromatic heterocycles. The molecule has 0 radical (unpaired) electrons. The molecule has 266 valence electrons. The van der Waals surface area contributed by atoms with Gasteiger partial charge in [0.1, 0.15) is 24.4 Å². The van der Waals surface area contributed by atoms with Crippen LogP contribution >= 0.6 is 0 Å². The molecule has 4 aromatic rings. The van der Waals surface area contributed by atoms with Crippen molar-refractivity contribution in [2.24, 2.45) is 0 Å². The molecule has 0 aliphatic carbocycles. The van der Waals surface area contributed by atoms with Crippen molar-refractivity contribution in [1.82, 2.24) is 0 Å². The Hall–Kier alpha value is -4.39. The number of rotatable bonds is 13. The van der Waals surface area contributed by atoms with Gasteiger partial charge in [-0.15, -0.1) is 0 Å². The molecule has 0 unspecified atom stereocenters. The van der Waals surface area contributed by atoms with E-state index in [1.165, 1.54) is 13.4 Å². The molecule has 3 heterocycles. The lowest BCUT2D eigenvalue weighted by Gasteiger charge is -2.45. The van der Waals surface area contributed by atoms with Gasteiger partial charge in [0, 0.05) is 12.7 Å². The number of fused-ring (bicyclic) bond motifs is 1. The molecule has 2 fully saturated rings. The Kier molecular flexibility index (Phi) is 11.8. The van der Waals surface area contributed by atoms with E-state index in [1.807, 2.05) is 121 Å². The summed E-state index contributed by atoms with van der Waals surface area (Å²) in [7, 11) is 1.51. The van der Waals surface area contributed by atoms with Crippen LogP contribution in [0.3, 0.4) is 0 Å². The molecule has 3 aliphatic heterocycles. The van der Waals surface area contributed by atoms with Crippen molar-refractivity contribution in [3.8, 4) is 0 Å². The number of carbonyl (C=O) groups is 1. The molecule has 2 saturated heterocycles. The van der Waals surface area contributed by atoms with Crippen LogP contribution in [0.5, 0.6) is 0 Å². The van der Waals surface area contributed by atoms with Gasteiger partial charge in [-0.3, -0.25) is 0 Å². The fourth-order valence-electron chi connectivity index (χ4n) is 6.42. The second kappa shape index (κ2) is 17.2. The van der Waals surface area contributed by atoms with Gasteiger partial charge in [-0.2, -0.15) is 0 Å². The molecule has 0 amide bonds. The van der Waals surface area contributed by atoms with Crippen molar-refractivity contribution in [3.05, 3.63) is 156 Å². The third-order valence-corrected chi connectivity index (χ3v) is 9.04. The van der Waals surface area contributed by atoms with E-state index in [9.17, 15) is 4.79 Å². The quantitative estimate of drug-likeness (QED) is 0.154. The first-order valence-electron chi connectivity index (χ1n) is 17.2. The number of hydrogen-bond acceptors (Lipinski definition) is 10. The minimum Gasteiger partial charge on any atom is -0.493 e. The van der Waals surface area contributed by atoms with E-state index < -0.39 is 61.3 Å². The monoisotopic (exact) mass is 694 g/mol. The molecule has 0 bridgehead atoms. The van der Waals surface area contributed by atoms with Crippen LogP contribution in [-0.4, -0.2) is 68.7 Å². The summed E-state index contributed by atoms with van der Waals surface area (Å²) >= 11 is 0. The van der Waals surface area contributed by atoms with E-state index in [4.69, 9.17) is 42.6 Å². The third kappa shape index (κ3) is 8.74. The molecule has 10 heteroatoms. The highest BCUT2D eigenvalue weighted by Crippen LogP contribution is 2.35. The zero-order chi connectivity index (χ0) is 34.8. The van der Waals surface area contributed by atoms with Crippen LogP contribution in [0.25, 0.3) is 0 Å². The third-order valence-electron chi connectivity index (χ3n) is 9.04. The van der Waals surface area contributed by atoms with Gasteiger partial charge in [0.2, 0.25) is 0 Å². The van der Waals surface area contributed by atoms with E-state index in [0.29, 0.717) is 0 Å². The molecule has 10 nitrogen and oxygen atoms in total. The maximum absolute atomic E-state index is 14.3. The summed E-state index contributed by atoms with van der Waals surface area (Å²) in [4.78, 5) is 14.3. The minimum atomic E-state index is -1.24. The largest absolute Gasteiger partial charge is 0.493 e. The molecule has 7 rings (SSSR count). The maximum Gasteiger partial charge on any atom is 0.338 e. The highest BCUT2D eigenvalue weighted by atomic mass is 16.7. The number of benzene rings is 4. The average Bonchev–Trinajstić information content (AvgIpc) is 3.19. The van der Waals surface area contributed by atoms with Crippen LogP contribution in [0.2, 0.25) is 0 Å². The molecular formula is C41H42O10. The predicted molar refractivity (Wildman–Crippen MR) is 185 cm³/mol. The summed E-state index contributed by atoms with van der Waals surface area (Å²) in [5.74, 6) is -0.661. The lowest BCUT2D eigenvalue weighted by Crippen LogP contribution is -2.63. The van der Waals surface area contributed by atoms with Gasteiger partial charge in [-0.05, 0) is 22.8 Å². The van der Waals surface area contributed by atoms with Gasteiger partial charge < -0.3 is 42.6 Å². The Bertz CT molecular complexity index is 1670. The number of carbonyl (C=O) groups excluding carboxylic acids is 1. The van der Waals surface area contributed by atoms with E-state index in [0.717, 1.165) is 22.3 Å². The van der Waals surface area contributed by atoms with Gasteiger partial charge in [0.15, 0.2) is 30.9 Å². The lowest BCUT2D eigenvalue weighted by molar-refractivity contribution is -0.318. The van der Waals surface area contributed by atoms with Crippen LogP contribution < -0.4 is 0 Å². The molecule has 9 atom stereocenters. The summed E-state index contributed by atoms with van der Waals surface area (Å²) in [5.41, 5.74) is 3.68. The van der Waals surface area contributed by atoms with Crippen LogP contribution in [0.1, 0.15) is 28.5 Å². The van der Waals surface area contributed by atoms with Crippen LogP contribution in [-0.2, 0) is 67.2 Å². The SMILES string of the molecule is CO[C@H]1O[C@H](C(=O)O[C@H]2C=CO[C@@H]3CO[C@@H](c4ccccc4)O[C@@H]23)[C@@H](OCc2ccccc2)[C@H](OCc2ccccc2)[C@H]1OCc1ccccc1. The summed E-state index contributed by atoms with van der Waals surface area (Å²) in [6.45, 7) is 0.945. The van der Waals surface area contributed by atoms with Gasteiger partial charge in [-0.25, -0.2) is 4.79 Å². The van der Waals surface area contributed by atoms with Crippen LogP contribution in [0.4, 0.5) is 0 Å². The molecule has 0 saturated carbocycles. The minimum absolute atomic E-state index is 0.188. The summed E-state index contributed by atoms with van der Waals surface area (Å²) in [6.07, 6.45) is -4.09. The Morgan fingerprint density at radius 3 is 1.76 bits per heavy atom. The van der Waals surface area contributed by atoms with Crippen LogP contribution in [0.15, 0.2) is 134 Å². The first kappa shape index (κ1) is 35.0. The highest BCUT2D eigenvalue weighted by molar-refractivity contribution is 5.76. The maximum atomic E-state index is 14.3. The first-order valence-corrected chi connectivity index (χ1v) is 17.2. The van der Waals surface area contributed by atoms with E-state index >= 15 is 0 Å². The zero-order valence-electron chi connectivity index (χ0n) is 28.3. The van der Waals surface area contributed by atoms with Gasteiger partial charge >= 0.3 is 5.97 Å². The van der Waals surface area contributed by atoms with Gasteiger partial charge in [0.05, 0.1) is 32.7 Å². The molecule has 4 aromatic carbocycles. The highest BCUT2D eigenvalue weighted by Gasteiger charge is 2.53. The van der Waals surface area contributed by atoms with Crippen molar-refractivity contribution in [1.29, 1.82) is 0 Å². The number of esters is 1. The Labute approximate surface area is 297 Å². The van der Waals surface area contributed by atoms with Crippen molar-refractivity contribution in [2.75, 3.05) is 13.7 Å². The smallest absolute Gasteiger partial charge is 0.338 e. The molecule has 51 heavy (non-hydrogen) atoms. The van der Waals surface area contributed by atoms with E-state index in [-0.39, 0.29) is 26.4 Å². The normalized spacial score (nSPS) is 28.7. The lowest BCUT2D eigenvalue weighted by atomic mass is 9.97. The second-order valence-corrected chi connectivity index (χ2v) is 12.5. The van der Waals surface area contributed by atoms with Crippen molar-refractivity contribution in [3.63, 3.8) is 0 Å². The van der Waals surface area contributed by atoms with E-state index in [1.54, 1.807) is 6.08 Å². The number of methoxy groups -OCH3 is 1. The average molecular weight is 695 g/mol. The fourth-order valence-corrected chi connectivity index (χ4v) is 6.42. The van der Waals surface area contributed by atoms with Crippen molar-refractivity contribution in [2.45, 2.75) is 75.1 Å². The van der Waals surface area contributed by atoms with Crippen molar-refractivity contribution < 1.29 is 47.4 Å². The van der Waals surface area contributed by atoms with Crippen molar-refractivity contribution >= 4 is 5.97 Å². The standard InChI is InChI=1S/C41H42O10/c1-43-41-38(47-26-30-18-10-4-11-19-30)36(46-25-29-16-8-3-9-17-29)35(45-24-28-14-6-2-7-15-28)37(51-41)39(42)49-32-22-23-44-33-27-48-40(50-34(32)33)31-20-12-5-13-21-31/h2-23,32-38,40-41H,24-27H2,1H3/t32-,33+,34-,35-,36-,37-,38+,40+,41-/m0/s1. The summed E-state index contributed by atoms with van der Waals surface area (Å²) in [5, 5.41) is 0. The molecule has 3 aliphatic rings. The van der Waals surface area contributed by atoms with Gasteiger partial charge in [-0.1, -0.05) is 121 Å². The van der Waals surface area contributed by atoms with Crippen LogP contribution in [0, 0.1) is 0 Å². The first-order chi connectivity index (χ1) is 25.2. The van der Waals surface area contributed by atoms with Gasteiger partial charge in [0.25, 0.3) is 0 Å².